The molecule has 6 N–H and O–H groups in total. The van der Waals surface area contributed by atoms with Crippen LogP contribution in [-0.2, 0) is 23.1 Å². The number of carbonyl (C=O) groups is 3. The molecule has 5 rings (SSSR count). The number of fused-ring (bicyclic) bond motifs is 2. The number of nitrogens with one attached hydrogen (secondary N) is 2. The standard InChI is InChI=1S/C32H38N8O3/c1-18(2)30-37-31(39-38-30)32(12-13-36-17-27(41)40(19(3)16-33)24-8-9-24)25-10-6-22(28(34)42)14-20(25)4-5-21-15-23(29(35)43)7-11-26(21)32/h6-7,10-11,14-15,18-19,24,36H,4-5,8-9,12-13,17H2,1-3H3,(H2,34,42)(H2,35,43)(H,37,38,39). The van der Waals surface area contributed by atoms with E-state index in [9.17, 15) is 19.6 Å². The molecule has 1 aromatic heterocycles. The van der Waals surface area contributed by atoms with Crippen LogP contribution >= 0.6 is 0 Å². The van der Waals surface area contributed by atoms with Crippen LogP contribution in [0.1, 0.15) is 101 Å². The molecule has 3 aromatic rings. The molecule has 1 fully saturated rings. The van der Waals surface area contributed by atoms with Crippen LogP contribution in [0.25, 0.3) is 0 Å². The van der Waals surface area contributed by atoms with Gasteiger partial charge < -0.3 is 26.7 Å². The number of aryl methyl sites for hydroxylation is 2. The summed E-state index contributed by atoms with van der Waals surface area (Å²) >= 11 is 0. The zero-order valence-electron chi connectivity index (χ0n) is 24.8. The molecule has 0 radical (unpaired) electrons. The Hall–Kier alpha value is -4.56. The number of nitrogens with two attached hydrogens (primary N) is 2. The van der Waals surface area contributed by atoms with Crippen molar-refractivity contribution < 1.29 is 14.4 Å². The number of H-pyrrole nitrogens is 1. The predicted octanol–water partition coefficient (Wildman–Crippen LogP) is 2.44. The van der Waals surface area contributed by atoms with Crippen molar-refractivity contribution in [2.75, 3.05) is 13.1 Å². The average molecular weight is 583 g/mol. The maximum absolute atomic E-state index is 13.2. The summed E-state index contributed by atoms with van der Waals surface area (Å²) in [4.78, 5) is 42.6. The topological polar surface area (TPSA) is 184 Å². The zero-order valence-corrected chi connectivity index (χ0v) is 24.8. The van der Waals surface area contributed by atoms with E-state index in [1.807, 2.05) is 38.1 Å². The molecule has 2 aliphatic carbocycles. The minimum Gasteiger partial charge on any atom is -0.366 e. The number of benzene rings is 2. The Kier molecular flexibility index (Phi) is 8.33. The van der Waals surface area contributed by atoms with Gasteiger partial charge in [0.1, 0.15) is 17.7 Å². The van der Waals surface area contributed by atoms with Crippen molar-refractivity contribution in [3.8, 4) is 6.07 Å². The highest BCUT2D eigenvalue weighted by Gasteiger charge is 2.44. The van der Waals surface area contributed by atoms with Gasteiger partial charge >= 0.3 is 0 Å². The first-order valence-electron chi connectivity index (χ1n) is 14.8. The van der Waals surface area contributed by atoms with Gasteiger partial charge in [-0.2, -0.15) is 5.26 Å². The SMILES string of the molecule is CC(C)c1nnc(C2(CCNCC(=O)N(C(C)C#N)C3CC3)c3ccc(C(N)=O)cc3CCc3cc(C(N)=O)ccc32)[nH]1. The van der Waals surface area contributed by atoms with Crippen LogP contribution in [0.15, 0.2) is 36.4 Å². The van der Waals surface area contributed by atoms with Gasteiger partial charge in [-0.1, -0.05) is 26.0 Å². The molecule has 1 atom stereocenters. The molecule has 0 saturated heterocycles. The van der Waals surface area contributed by atoms with E-state index in [0.717, 1.165) is 40.9 Å². The molecule has 0 aliphatic heterocycles. The summed E-state index contributed by atoms with van der Waals surface area (Å²) in [6.07, 6.45) is 3.52. The van der Waals surface area contributed by atoms with Crippen molar-refractivity contribution in [3.05, 3.63) is 81.4 Å². The van der Waals surface area contributed by atoms with Gasteiger partial charge in [0.25, 0.3) is 0 Å². The Morgan fingerprint density at radius 2 is 1.60 bits per heavy atom. The fraction of sp³-hybridized carbons (Fsp3) is 0.438. The quantitative estimate of drug-likeness (QED) is 0.250. The molecule has 3 amide bonds. The number of nitriles is 1. The third-order valence-electron chi connectivity index (χ3n) is 8.60. The molecular weight excluding hydrogens is 544 g/mol. The lowest BCUT2D eigenvalue weighted by molar-refractivity contribution is -0.131. The highest BCUT2D eigenvalue weighted by molar-refractivity contribution is 5.94. The highest BCUT2D eigenvalue weighted by atomic mass is 16.2. The summed E-state index contributed by atoms with van der Waals surface area (Å²) in [5, 5.41) is 21.9. The largest absolute Gasteiger partial charge is 0.366 e. The van der Waals surface area contributed by atoms with E-state index in [0.29, 0.717) is 42.8 Å². The summed E-state index contributed by atoms with van der Waals surface area (Å²) in [6, 6.07) is 12.8. The molecule has 0 bridgehead atoms. The van der Waals surface area contributed by atoms with Gasteiger partial charge in [-0.3, -0.25) is 14.4 Å². The molecule has 11 nitrogen and oxygen atoms in total. The number of hydrogen-bond donors (Lipinski definition) is 4. The minimum absolute atomic E-state index is 0.0905. The van der Waals surface area contributed by atoms with E-state index in [1.54, 1.807) is 24.0 Å². The number of nitrogens with zero attached hydrogens (tertiary/aromatic N) is 4. The Bertz CT molecular complexity index is 1530. The van der Waals surface area contributed by atoms with Gasteiger partial charge in [-0.05, 0) is 92.1 Å². The Morgan fingerprint density at radius 1 is 1.02 bits per heavy atom. The average Bonchev–Trinajstić information content (AvgIpc) is 3.71. The second-order valence-corrected chi connectivity index (χ2v) is 11.9. The molecule has 1 saturated carbocycles. The zero-order chi connectivity index (χ0) is 30.9. The summed E-state index contributed by atoms with van der Waals surface area (Å²) in [7, 11) is 0. The van der Waals surface area contributed by atoms with Crippen LogP contribution < -0.4 is 16.8 Å². The summed E-state index contributed by atoms with van der Waals surface area (Å²) in [6.45, 7) is 6.34. The van der Waals surface area contributed by atoms with Gasteiger partial charge in [0.2, 0.25) is 17.7 Å². The monoisotopic (exact) mass is 582 g/mol. The number of carbonyl (C=O) groups excluding carboxylic acids is 3. The Morgan fingerprint density at radius 3 is 2.07 bits per heavy atom. The Balaban J connectivity index is 1.59. The lowest BCUT2D eigenvalue weighted by atomic mass is 9.69. The highest BCUT2D eigenvalue weighted by Crippen LogP contribution is 2.46. The van der Waals surface area contributed by atoms with Gasteiger partial charge in [0.05, 0.1) is 18.0 Å². The van der Waals surface area contributed by atoms with Crippen molar-refractivity contribution >= 4 is 17.7 Å². The van der Waals surface area contributed by atoms with Gasteiger partial charge in [0, 0.05) is 23.1 Å². The van der Waals surface area contributed by atoms with Gasteiger partial charge in [-0.15, -0.1) is 10.2 Å². The molecule has 43 heavy (non-hydrogen) atoms. The number of hydrogen-bond acceptors (Lipinski definition) is 7. The minimum atomic E-state index is -0.861. The normalized spacial score (nSPS) is 16.0. The summed E-state index contributed by atoms with van der Waals surface area (Å²) in [5.74, 6) is 0.331. The molecular formula is C32H38N8O3. The second kappa shape index (κ2) is 12.0. The van der Waals surface area contributed by atoms with E-state index in [1.165, 1.54) is 0 Å². The number of aromatic amines is 1. The van der Waals surface area contributed by atoms with Crippen LogP contribution in [0.2, 0.25) is 0 Å². The molecule has 1 heterocycles. The molecule has 0 spiro atoms. The van der Waals surface area contributed by atoms with Crippen molar-refractivity contribution in [2.24, 2.45) is 11.5 Å². The second-order valence-electron chi connectivity index (χ2n) is 11.9. The maximum Gasteiger partial charge on any atom is 0.248 e. The fourth-order valence-corrected chi connectivity index (χ4v) is 6.24. The summed E-state index contributed by atoms with van der Waals surface area (Å²) in [5.41, 5.74) is 15.0. The van der Waals surface area contributed by atoms with Crippen molar-refractivity contribution in [1.29, 1.82) is 5.26 Å². The van der Waals surface area contributed by atoms with E-state index < -0.39 is 23.3 Å². The van der Waals surface area contributed by atoms with Crippen LogP contribution in [0.5, 0.6) is 0 Å². The third kappa shape index (κ3) is 5.75. The Labute approximate surface area is 251 Å². The van der Waals surface area contributed by atoms with Crippen molar-refractivity contribution in [3.63, 3.8) is 0 Å². The molecule has 2 aliphatic rings. The lowest BCUT2D eigenvalue weighted by Gasteiger charge is -2.35. The van der Waals surface area contributed by atoms with Crippen LogP contribution in [0.4, 0.5) is 0 Å². The van der Waals surface area contributed by atoms with Crippen molar-refractivity contribution in [1.82, 2.24) is 25.4 Å². The number of amides is 3. The maximum atomic E-state index is 13.2. The number of rotatable bonds is 11. The van der Waals surface area contributed by atoms with Gasteiger partial charge in [0.15, 0.2) is 0 Å². The molecule has 2 aromatic carbocycles. The molecule has 224 valence electrons. The first-order valence-corrected chi connectivity index (χ1v) is 14.8. The fourth-order valence-electron chi connectivity index (χ4n) is 6.24. The molecule has 11 heteroatoms. The number of primary amides is 2. The van der Waals surface area contributed by atoms with Crippen LogP contribution in [0, 0.1) is 11.3 Å². The van der Waals surface area contributed by atoms with E-state index >= 15 is 0 Å². The molecule has 1 unspecified atom stereocenters. The number of aromatic nitrogens is 3. The predicted molar refractivity (Wildman–Crippen MR) is 160 cm³/mol. The van der Waals surface area contributed by atoms with Crippen LogP contribution in [-0.4, -0.2) is 63.0 Å². The van der Waals surface area contributed by atoms with E-state index in [2.05, 4.69) is 26.6 Å². The van der Waals surface area contributed by atoms with E-state index in [-0.39, 0.29) is 24.4 Å². The first-order chi connectivity index (χ1) is 20.6. The van der Waals surface area contributed by atoms with Gasteiger partial charge in [-0.25, -0.2) is 0 Å². The van der Waals surface area contributed by atoms with Crippen LogP contribution in [0.3, 0.4) is 0 Å². The summed E-state index contributed by atoms with van der Waals surface area (Å²) < 4.78 is 0. The third-order valence-corrected chi connectivity index (χ3v) is 8.60. The first kappa shape index (κ1) is 29.9. The smallest absolute Gasteiger partial charge is 0.248 e. The lowest BCUT2D eigenvalue weighted by Crippen LogP contribution is -2.45. The van der Waals surface area contributed by atoms with Crippen molar-refractivity contribution in [2.45, 2.75) is 76.3 Å². The van der Waals surface area contributed by atoms with E-state index in [4.69, 9.17) is 11.5 Å².